The SMILES string of the molecule is O=C(Nc1nn(Cc2ccccc2F)cc1Cl)c1ccccc1Cl. The topological polar surface area (TPSA) is 46.9 Å². The number of benzene rings is 2. The van der Waals surface area contributed by atoms with Gasteiger partial charge in [0.15, 0.2) is 5.82 Å². The van der Waals surface area contributed by atoms with E-state index in [0.29, 0.717) is 16.1 Å². The van der Waals surface area contributed by atoms with Crippen LogP contribution >= 0.6 is 23.2 Å². The van der Waals surface area contributed by atoms with Gasteiger partial charge in [0.25, 0.3) is 5.91 Å². The molecular weight excluding hydrogens is 352 g/mol. The van der Waals surface area contributed by atoms with Gasteiger partial charge in [-0.15, -0.1) is 0 Å². The second-order valence-corrected chi connectivity index (χ2v) is 5.86. The zero-order valence-electron chi connectivity index (χ0n) is 12.3. The summed E-state index contributed by atoms with van der Waals surface area (Å²) in [5, 5.41) is 7.38. The molecule has 0 unspecified atom stereocenters. The first-order chi connectivity index (χ1) is 11.5. The van der Waals surface area contributed by atoms with Crippen molar-refractivity contribution in [2.24, 2.45) is 0 Å². The summed E-state index contributed by atoms with van der Waals surface area (Å²) in [7, 11) is 0. The first-order valence-electron chi connectivity index (χ1n) is 7.07. The van der Waals surface area contributed by atoms with E-state index in [4.69, 9.17) is 23.2 Å². The minimum atomic E-state index is -0.418. The number of nitrogens with one attached hydrogen (secondary N) is 1. The van der Waals surface area contributed by atoms with Gasteiger partial charge in [-0.3, -0.25) is 9.48 Å². The fraction of sp³-hybridized carbons (Fsp3) is 0.0588. The molecule has 3 rings (SSSR count). The van der Waals surface area contributed by atoms with Crippen molar-refractivity contribution >= 4 is 34.9 Å². The highest BCUT2D eigenvalue weighted by molar-refractivity contribution is 6.35. The summed E-state index contributed by atoms with van der Waals surface area (Å²) in [5.74, 6) is -0.553. The standard InChI is InChI=1S/C17H12Cl2FN3O/c18-13-7-3-2-6-12(13)17(24)21-16-14(19)10-23(22-16)9-11-5-1-4-8-15(11)20/h1-8,10H,9H2,(H,21,22,24). The van der Waals surface area contributed by atoms with Crippen LogP contribution in [-0.4, -0.2) is 15.7 Å². The monoisotopic (exact) mass is 363 g/mol. The van der Waals surface area contributed by atoms with Crippen LogP contribution in [0, 0.1) is 5.82 Å². The minimum Gasteiger partial charge on any atom is -0.304 e. The predicted octanol–water partition coefficient (Wildman–Crippen LogP) is 4.63. The number of hydrogen-bond acceptors (Lipinski definition) is 2. The van der Waals surface area contributed by atoms with Crippen LogP contribution in [-0.2, 0) is 6.54 Å². The van der Waals surface area contributed by atoms with Gasteiger partial charge in [0.1, 0.15) is 10.8 Å². The zero-order valence-corrected chi connectivity index (χ0v) is 13.9. The van der Waals surface area contributed by atoms with E-state index in [1.807, 2.05) is 0 Å². The Bertz CT molecular complexity index is 895. The van der Waals surface area contributed by atoms with Crippen LogP contribution in [0.2, 0.25) is 10.0 Å². The molecule has 0 aliphatic rings. The van der Waals surface area contributed by atoms with Gasteiger partial charge in [-0.1, -0.05) is 53.5 Å². The van der Waals surface area contributed by atoms with Crippen LogP contribution in [0.3, 0.4) is 0 Å². The molecule has 24 heavy (non-hydrogen) atoms. The van der Waals surface area contributed by atoms with Crippen molar-refractivity contribution in [3.63, 3.8) is 0 Å². The van der Waals surface area contributed by atoms with E-state index in [1.54, 1.807) is 42.5 Å². The number of nitrogens with zero attached hydrogens (tertiary/aromatic N) is 2. The summed E-state index contributed by atoms with van der Waals surface area (Å²) in [6.07, 6.45) is 1.52. The van der Waals surface area contributed by atoms with Crippen LogP contribution < -0.4 is 5.32 Å². The average molecular weight is 364 g/mol. The lowest BCUT2D eigenvalue weighted by Gasteiger charge is -2.05. The predicted molar refractivity (Wildman–Crippen MR) is 92.1 cm³/mol. The fourth-order valence-electron chi connectivity index (χ4n) is 2.18. The maximum Gasteiger partial charge on any atom is 0.258 e. The van der Waals surface area contributed by atoms with Crippen LogP contribution in [0.5, 0.6) is 0 Å². The molecule has 2 aromatic carbocycles. The third-order valence-corrected chi connectivity index (χ3v) is 3.96. The number of amides is 1. The smallest absolute Gasteiger partial charge is 0.258 e. The van der Waals surface area contributed by atoms with Crippen molar-refractivity contribution in [3.05, 3.63) is 81.7 Å². The quantitative estimate of drug-likeness (QED) is 0.734. The van der Waals surface area contributed by atoms with E-state index >= 15 is 0 Å². The number of carbonyl (C=O) groups is 1. The molecule has 3 aromatic rings. The Morgan fingerprint density at radius 3 is 2.54 bits per heavy atom. The highest BCUT2D eigenvalue weighted by Gasteiger charge is 2.15. The Labute approximate surface area is 147 Å². The summed E-state index contributed by atoms with van der Waals surface area (Å²) in [6.45, 7) is 0.203. The van der Waals surface area contributed by atoms with Gasteiger partial charge in [0.2, 0.25) is 0 Å². The third-order valence-electron chi connectivity index (χ3n) is 3.36. The molecule has 4 nitrogen and oxygen atoms in total. The molecule has 0 radical (unpaired) electrons. The van der Waals surface area contributed by atoms with Crippen LogP contribution in [0.15, 0.2) is 54.7 Å². The number of aromatic nitrogens is 2. The van der Waals surface area contributed by atoms with Gasteiger partial charge in [-0.05, 0) is 18.2 Å². The minimum absolute atomic E-state index is 0.193. The Morgan fingerprint density at radius 2 is 1.79 bits per heavy atom. The fourth-order valence-corrected chi connectivity index (χ4v) is 2.60. The molecule has 7 heteroatoms. The lowest BCUT2D eigenvalue weighted by Crippen LogP contribution is -2.13. The highest BCUT2D eigenvalue weighted by atomic mass is 35.5. The molecule has 0 aliphatic carbocycles. The van der Waals surface area contributed by atoms with E-state index in [1.165, 1.54) is 16.9 Å². The molecule has 0 bridgehead atoms. The first-order valence-corrected chi connectivity index (χ1v) is 7.82. The summed E-state index contributed by atoms with van der Waals surface area (Å²) in [4.78, 5) is 12.2. The molecule has 0 saturated heterocycles. The third kappa shape index (κ3) is 3.58. The molecule has 1 amide bonds. The number of anilines is 1. The van der Waals surface area contributed by atoms with E-state index in [2.05, 4.69) is 10.4 Å². The van der Waals surface area contributed by atoms with E-state index in [0.717, 1.165) is 0 Å². The van der Waals surface area contributed by atoms with Gasteiger partial charge in [-0.2, -0.15) is 5.10 Å². The number of hydrogen-bond donors (Lipinski definition) is 1. The van der Waals surface area contributed by atoms with Gasteiger partial charge in [0.05, 0.1) is 17.1 Å². The second kappa shape index (κ2) is 7.03. The molecule has 1 N–H and O–H groups in total. The van der Waals surface area contributed by atoms with Crippen molar-refractivity contribution in [3.8, 4) is 0 Å². The summed E-state index contributed by atoms with van der Waals surface area (Å²) in [5.41, 5.74) is 0.791. The maximum atomic E-state index is 13.7. The summed E-state index contributed by atoms with van der Waals surface area (Å²) in [6, 6.07) is 13.0. The van der Waals surface area contributed by atoms with Gasteiger partial charge in [0, 0.05) is 11.8 Å². The van der Waals surface area contributed by atoms with E-state index in [-0.39, 0.29) is 23.2 Å². The molecule has 0 atom stereocenters. The van der Waals surface area contributed by atoms with Crippen LogP contribution in [0.4, 0.5) is 10.2 Å². The lowest BCUT2D eigenvalue weighted by atomic mass is 10.2. The molecule has 1 aromatic heterocycles. The normalized spacial score (nSPS) is 10.6. The largest absolute Gasteiger partial charge is 0.304 e. The van der Waals surface area contributed by atoms with Crippen molar-refractivity contribution < 1.29 is 9.18 Å². The average Bonchev–Trinajstić information content (AvgIpc) is 2.89. The van der Waals surface area contributed by atoms with E-state index in [9.17, 15) is 9.18 Å². The number of carbonyl (C=O) groups excluding carboxylic acids is 1. The Kier molecular flexibility index (Phi) is 4.83. The van der Waals surface area contributed by atoms with Gasteiger partial charge in [-0.25, -0.2) is 4.39 Å². The summed E-state index contributed by atoms with van der Waals surface area (Å²) < 4.78 is 15.2. The second-order valence-electron chi connectivity index (χ2n) is 5.05. The Balaban J connectivity index is 1.78. The van der Waals surface area contributed by atoms with Crippen molar-refractivity contribution in [2.45, 2.75) is 6.54 Å². The first kappa shape index (κ1) is 16.5. The lowest BCUT2D eigenvalue weighted by molar-refractivity contribution is 0.102. The molecule has 0 saturated carbocycles. The zero-order chi connectivity index (χ0) is 17.1. The Morgan fingerprint density at radius 1 is 1.08 bits per heavy atom. The van der Waals surface area contributed by atoms with Crippen molar-refractivity contribution in [2.75, 3.05) is 5.32 Å². The summed E-state index contributed by atoms with van der Waals surface area (Å²) >= 11 is 12.1. The molecule has 1 heterocycles. The maximum absolute atomic E-state index is 13.7. The van der Waals surface area contributed by atoms with Crippen LogP contribution in [0.1, 0.15) is 15.9 Å². The van der Waals surface area contributed by atoms with Crippen molar-refractivity contribution in [1.29, 1.82) is 0 Å². The van der Waals surface area contributed by atoms with Gasteiger partial charge < -0.3 is 5.32 Å². The molecule has 0 spiro atoms. The number of rotatable bonds is 4. The van der Waals surface area contributed by atoms with E-state index < -0.39 is 5.91 Å². The molecule has 0 fully saturated rings. The molecular formula is C17H12Cl2FN3O. The molecule has 0 aliphatic heterocycles. The highest BCUT2D eigenvalue weighted by Crippen LogP contribution is 2.23. The van der Waals surface area contributed by atoms with Crippen LogP contribution in [0.25, 0.3) is 0 Å². The molecule has 122 valence electrons. The Hall–Kier alpha value is -2.37. The van der Waals surface area contributed by atoms with Gasteiger partial charge >= 0.3 is 0 Å². The van der Waals surface area contributed by atoms with Crippen molar-refractivity contribution in [1.82, 2.24) is 9.78 Å². The number of halogens is 3.